The Morgan fingerprint density at radius 2 is 2.32 bits per heavy atom. The van der Waals surface area contributed by atoms with Gasteiger partial charge in [-0.3, -0.25) is 4.98 Å². The van der Waals surface area contributed by atoms with Gasteiger partial charge in [-0.1, -0.05) is 19.0 Å². The van der Waals surface area contributed by atoms with Crippen LogP contribution in [-0.4, -0.2) is 16.7 Å². The number of hydrogen-bond donors (Lipinski definition) is 1. The summed E-state index contributed by atoms with van der Waals surface area (Å²) in [6.07, 6.45) is 3.38. The molecule has 0 saturated heterocycles. The van der Waals surface area contributed by atoms with Crippen LogP contribution in [0.3, 0.4) is 0 Å². The standard InChI is InChI=1S/C14H19N3O2/c1-11(2)7-16-8-12-6-14(19-17-12)10-18-13-4-3-5-15-9-13/h3-6,9,11,16H,7-8,10H2,1-2H3. The van der Waals surface area contributed by atoms with Crippen molar-refractivity contribution >= 4 is 0 Å². The average Bonchev–Trinajstić information content (AvgIpc) is 2.85. The molecule has 5 nitrogen and oxygen atoms in total. The van der Waals surface area contributed by atoms with Crippen LogP contribution in [0.5, 0.6) is 5.75 Å². The average molecular weight is 261 g/mol. The number of nitrogens with one attached hydrogen (secondary N) is 1. The van der Waals surface area contributed by atoms with Gasteiger partial charge in [-0.2, -0.15) is 0 Å². The summed E-state index contributed by atoms with van der Waals surface area (Å²) in [5, 5.41) is 7.31. The maximum atomic E-state index is 5.53. The molecule has 0 atom stereocenters. The molecule has 0 aromatic carbocycles. The SMILES string of the molecule is CC(C)CNCc1cc(COc2cccnc2)on1. The highest BCUT2D eigenvalue weighted by atomic mass is 16.5. The lowest BCUT2D eigenvalue weighted by Gasteiger charge is -2.04. The van der Waals surface area contributed by atoms with Gasteiger partial charge in [-0.25, -0.2) is 0 Å². The minimum absolute atomic E-state index is 0.364. The summed E-state index contributed by atoms with van der Waals surface area (Å²) >= 11 is 0. The third-order valence-electron chi connectivity index (χ3n) is 2.48. The summed E-state index contributed by atoms with van der Waals surface area (Å²) in [4.78, 5) is 3.98. The number of ether oxygens (including phenoxy) is 1. The van der Waals surface area contributed by atoms with E-state index in [0.717, 1.165) is 18.0 Å². The number of pyridine rings is 1. The van der Waals surface area contributed by atoms with Crippen LogP contribution in [0.4, 0.5) is 0 Å². The molecule has 0 aliphatic carbocycles. The van der Waals surface area contributed by atoms with Gasteiger partial charge in [0.2, 0.25) is 0 Å². The van der Waals surface area contributed by atoms with Crippen LogP contribution in [0.25, 0.3) is 0 Å². The van der Waals surface area contributed by atoms with E-state index in [2.05, 4.69) is 29.3 Å². The van der Waals surface area contributed by atoms with Crippen molar-refractivity contribution in [1.82, 2.24) is 15.5 Å². The fourth-order valence-corrected chi connectivity index (χ4v) is 1.58. The predicted molar refractivity (Wildman–Crippen MR) is 71.6 cm³/mol. The Kier molecular flexibility index (Phi) is 4.92. The second-order valence-electron chi connectivity index (χ2n) is 4.79. The largest absolute Gasteiger partial charge is 0.484 e. The lowest BCUT2D eigenvalue weighted by Crippen LogP contribution is -2.19. The van der Waals surface area contributed by atoms with Crippen LogP contribution in [-0.2, 0) is 13.2 Å². The molecule has 0 aliphatic rings. The Balaban J connectivity index is 1.77. The molecule has 0 amide bonds. The summed E-state index contributed by atoms with van der Waals surface area (Å²) < 4.78 is 10.7. The van der Waals surface area contributed by atoms with Crippen molar-refractivity contribution < 1.29 is 9.26 Å². The van der Waals surface area contributed by atoms with Crippen molar-refractivity contribution in [1.29, 1.82) is 0 Å². The first-order valence-corrected chi connectivity index (χ1v) is 6.42. The smallest absolute Gasteiger partial charge is 0.174 e. The number of rotatable bonds is 7. The van der Waals surface area contributed by atoms with Crippen molar-refractivity contribution in [2.75, 3.05) is 6.54 Å². The molecule has 2 heterocycles. The molecule has 5 heteroatoms. The predicted octanol–water partition coefficient (Wildman–Crippen LogP) is 2.39. The highest BCUT2D eigenvalue weighted by molar-refractivity contribution is 5.16. The molecule has 2 rings (SSSR count). The quantitative estimate of drug-likeness (QED) is 0.829. The summed E-state index contributed by atoms with van der Waals surface area (Å²) in [6.45, 7) is 6.39. The zero-order valence-corrected chi connectivity index (χ0v) is 11.3. The second-order valence-corrected chi connectivity index (χ2v) is 4.79. The van der Waals surface area contributed by atoms with Gasteiger partial charge in [-0.05, 0) is 24.6 Å². The van der Waals surface area contributed by atoms with Crippen molar-refractivity contribution in [3.63, 3.8) is 0 Å². The Bertz CT molecular complexity index is 482. The maximum Gasteiger partial charge on any atom is 0.174 e. The second kappa shape index (κ2) is 6.89. The number of hydrogen-bond acceptors (Lipinski definition) is 5. The molecule has 0 spiro atoms. The van der Waals surface area contributed by atoms with E-state index in [1.165, 1.54) is 0 Å². The fraction of sp³-hybridized carbons (Fsp3) is 0.429. The van der Waals surface area contributed by atoms with E-state index in [4.69, 9.17) is 9.26 Å². The zero-order valence-electron chi connectivity index (χ0n) is 11.3. The van der Waals surface area contributed by atoms with E-state index >= 15 is 0 Å². The molecule has 0 fully saturated rings. The monoisotopic (exact) mass is 261 g/mol. The molecule has 0 radical (unpaired) electrons. The minimum atomic E-state index is 0.364. The third kappa shape index (κ3) is 4.71. The van der Waals surface area contributed by atoms with Gasteiger partial charge in [0, 0.05) is 18.8 Å². The van der Waals surface area contributed by atoms with Crippen LogP contribution < -0.4 is 10.1 Å². The van der Waals surface area contributed by atoms with Gasteiger partial charge in [-0.15, -0.1) is 0 Å². The van der Waals surface area contributed by atoms with Gasteiger partial charge in [0.1, 0.15) is 12.4 Å². The summed E-state index contributed by atoms with van der Waals surface area (Å²) in [5.41, 5.74) is 0.894. The molecule has 0 saturated carbocycles. The first-order chi connectivity index (χ1) is 9.24. The molecule has 0 unspecified atom stereocenters. The van der Waals surface area contributed by atoms with E-state index < -0.39 is 0 Å². The van der Waals surface area contributed by atoms with E-state index in [0.29, 0.717) is 24.8 Å². The Morgan fingerprint density at radius 1 is 1.42 bits per heavy atom. The third-order valence-corrected chi connectivity index (χ3v) is 2.48. The van der Waals surface area contributed by atoms with E-state index in [1.807, 2.05) is 18.2 Å². The van der Waals surface area contributed by atoms with Crippen LogP contribution in [0.1, 0.15) is 25.3 Å². The van der Waals surface area contributed by atoms with E-state index in [-0.39, 0.29) is 0 Å². The molecule has 19 heavy (non-hydrogen) atoms. The lowest BCUT2D eigenvalue weighted by atomic mass is 10.2. The molecule has 102 valence electrons. The minimum Gasteiger partial charge on any atom is -0.484 e. The zero-order chi connectivity index (χ0) is 13.5. The van der Waals surface area contributed by atoms with E-state index in [1.54, 1.807) is 12.4 Å². The molecule has 1 N–H and O–H groups in total. The van der Waals surface area contributed by atoms with Crippen molar-refractivity contribution in [3.05, 3.63) is 42.0 Å². The molecular formula is C14H19N3O2. The van der Waals surface area contributed by atoms with E-state index in [9.17, 15) is 0 Å². The summed E-state index contributed by atoms with van der Waals surface area (Å²) in [6, 6.07) is 5.59. The molecule has 2 aromatic rings. The van der Waals surface area contributed by atoms with Crippen LogP contribution >= 0.6 is 0 Å². The molecule has 0 aliphatic heterocycles. The van der Waals surface area contributed by atoms with Crippen molar-refractivity contribution in [3.8, 4) is 5.75 Å². The Morgan fingerprint density at radius 3 is 3.05 bits per heavy atom. The van der Waals surface area contributed by atoms with Crippen LogP contribution in [0, 0.1) is 5.92 Å². The van der Waals surface area contributed by atoms with Gasteiger partial charge in [0.15, 0.2) is 5.76 Å². The van der Waals surface area contributed by atoms with Crippen molar-refractivity contribution in [2.45, 2.75) is 27.0 Å². The Labute approximate surface area is 113 Å². The number of aromatic nitrogens is 2. The fourth-order valence-electron chi connectivity index (χ4n) is 1.58. The van der Waals surface area contributed by atoms with Crippen molar-refractivity contribution in [2.24, 2.45) is 5.92 Å². The van der Waals surface area contributed by atoms with Gasteiger partial charge in [0.05, 0.1) is 11.9 Å². The first kappa shape index (κ1) is 13.5. The van der Waals surface area contributed by atoms with Crippen LogP contribution in [0.2, 0.25) is 0 Å². The molecule has 2 aromatic heterocycles. The van der Waals surface area contributed by atoms with Gasteiger partial charge >= 0.3 is 0 Å². The highest BCUT2D eigenvalue weighted by Crippen LogP contribution is 2.11. The molecular weight excluding hydrogens is 242 g/mol. The summed E-state index contributed by atoms with van der Waals surface area (Å²) in [7, 11) is 0. The summed E-state index contributed by atoms with van der Waals surface area (Å²) in [5.74, 6) is 2.06. The maximum absolute atomic E-state index is 5.53. The van der Waals surface area contributed by atoms with Crippen LogP contribution in [0.15, 0.2) is 35.1 Å². The Hall–Kier alpha value is -1.88. The highest BCUT2D eigenvalue weighted by Gasteiger charge is 2.05. The topological polar surface area (TPSA) is 60.2 Å². The normalized spacial score (nSPS) is 10.9. The first-order valence-electron chi connectivity index (χ1n) is 6.42. The van der Waals surface area contributed by atoms with Gasteiger partial charge < -0.3 is 14.6 Å². The number of nitrogens with zero attached hydrogens (tertiary/aromatic N) is 2. The lowest BCUT2D eigenvalue weighted by molar-refractivity contribution is 0.247. The van der Waals surface area contributed by atoms with Gasteiger partial charge in [0.25, 0.3) is 0 Å². The molecule has 0 bridgehead atoms.